The van der Waals surface area contributed by atoms with E-state index in [1.807, 2.05) is 48.5 Å². The number of ether oxygens (including phenoxy) is 2. The van der Waals surface area contributed by atoms with Gasteiger partial charge < -0.3 is 9.47 Å². The first-order valence-electron chi connectivity index (χ1n) is 6.18. The summed E-state index contributed by atoms with van der Waals surface area (Å²) in [6.45, 7) is 0.754. The normalized spacial score (nSPS) is 9.65. The first-order chi connectivity index (χ1) is 9.83. The summed E-state index contributed by atoms with van der Waals surface area (Å²) in [7, 11) is 1.60. The van der Waals surface area contributed by atoms with Crippen LogP contribution >= 0.6 is 0 Å². The third kappa shape index (κ3) is 3.67. The fourth-order valence-electron chi connectivity index (χ4n) is 1.78. The molecule has 5 heteroatoms. The van der Waals surface area contributed by atoms with Crippen LogP contribution in [-0.4, -0.2) is 7.11 Å². The molecule has 102 valence electrons. The molecule has 0 bridgehead atoms. The summed E-state index contributed by atoms with van der Waals surface area (Å²) in [5.74, 6) is 1.30. The van der Waals surface area contributed by atoms with E-state index >= 15 is 0 Å². The van der Waals surface area contributed by atoms with E-state index in [0.29, 0.717) is 24.7 Å². The third-order valence-electron chi connectivity index (χ3n) is 2.78. The minimum atomic E-state index is 0.294. The van der Waals surface area contributed by atoms with Gasteiger partial charge in [0, 0.05) is 4.91 Å². The number of methoxy groups -OCH3 is 1. The minimum Gasteiger partial charge on any atom is -0.493 e. The molecule has 0 heterocycles. The fraction of sp³-hybridized carbons (Fsp3) is 0.200. The van der Waals surface area contributed by atoms with Gasteiger partial charge in [0.1, 0.15) is 6.61 Å². The monoisotopic (exact) mass is 269 g/mol. The van der Waals surface area contributed by atoms with Crippen LogP contribution in [0.4, 0.5) is 0 Å². The Kier molecular flexibility index (Phi) is 4.87. The molecular weight excluding hydrogens is 254 g/mol. The highest BCUT2D eigenvalue weighted by atomic mass is 16.5. The van der Waals surface area contributed by atoms with Gasteiger partial charge in [-0.25, -0.2) is 0 Å². The number of azide groups is 1. The van der Waals surface area contributed by atoms with Crippen molar-refractivity contribution in [1.82, 2.24) is 0 Å². The zero-order valence-electron chi connectivity index (χ0n) is 11.2. The first-order valence-corrected chi connectivity index (χ1v) is 6.18. The van der Waals surface area contributed by atoms with Crippen molar-refractivity contribution in [3.63, 3.8) is 0 Å². The lowest BCUT2D eigenvalue weighted by Crippen LogP contribution is -1.98. The highest BCUT2D eigenvalue weighted by Crippen LogP contribution is 2.29. The predicted molar refractivity (Wildman–Crippen MR) is 76.6 cm³/mol. The highest BCUT2D eigenvalue weighted by molar-refractivity contribution is 5.43. The molecule has 0 saturated heterocycles. The molecule has 2 rings (SSSR count). The smallest absolute Gasteiger partial charge is 0.161 e. The predicted octanol–water partition coefficient (Wildman–Crippen LogP) is 4.08. The number of benzene rings is 2. The van der Waals surface area contributed by atoms with Gasteiger partial charge in [-0.15, -0.1) is 0 Å². The van der Waals surface area contributed by atoms with Gasteiger partial charge in [-0.05, 0) is 28.8 Å². The number of nitrogens with zero attached hydrogens (tertiary/aromatic N) is 3. The second-order valence-corrected chi connectivity index (χ2v) is 4.15. The summed E-state index contributed by atoms with van der Waals surface area (Å²) in [4.78, 5) is 2.75. The van der Waals surface area contributed by atoms with Crippen molar-refractivity contribution in [3.05, 3.63) is 70.1 Å². The van der Waals surface area contributed by atoms with Crippen molar-refractivity contribution in [2.75, 3.05) is 7.11 Å². The molecule has 2 aromatic rings. The van der Waals surface area contributed by atoms with Crippen LogP contribution in [-0.2, 0) is 13.2 Å². The minimum absolute atomic E-state index is 0.294. The quantitative estimate of drug-likeness (QED) is 0.450. The summed E-state index contributed by atoms with van der Waals surface area (Å²) in [6.07, 6.45) is 0. The number of hydrogen-bond acceptors (Lipinski definition) is 3. The summed E-state index contributed by atoms with van der Waals surface area (Å²) >= 11 is 0. The molecule has 0 aliphatic heterocycles. The molecule has 2 aromatic carbocycles. The summed E-state index contributed by atoms with van der Waals surface area (Å²) in [5.41, 5.74) is 10.3. The molecule has 0 saturated carbocycles. The zero-order valence-corrected chi connectivity index (χ0v) is 11.2. The largest absolute Gasteiger partial charge is 0.493 e. The summed E-state index contributed by atoms with van der Waals surface area (Å²) < 4.78 is 11.0. The van der Waals surface area contributed by atoms with Crippen molar-refractivity contribution in [1.29, 1.82) is 0 Å². The van der Waals surface area contributed by atoms with Crippen LogP contribution in [0.1, 0.15) is 11.1 Å². The van der Waals surface area contributed by atoms with Gasteiger partial charge in [-0.1, -0.05) is 41.5 Å². The van der Waals surface area contributed by atoms with E-state index in [1.165, 1.54) is 0 Å². The molecule has 0 aliphatic rings. The number of rotatable bonds is 6. The van der Waals surface area contributed by atoms with E-state index < -0.39 is 0 Å². The number of hydrogen-bond donors (Lipinski definition) is 0. The molecule has 5 nitrogen and oxygen atoms in total. The molecule has 0 atom stereocenters. The standard InChI is InChI=1S/C15H15N3O2/c1-19-14-8-7-13(10-17-18-16)9-15(14)20-11-12-5-3-2-4-6-12/h2-9H,10-11H2,1H3. The highest BCUT2D eigenvalue weighted by Gasteiger charge is 2.06. The van der Waals surface area contributed by atoms with Crippen molar-refractivity contribution >= 4 is 0 Å². The van der Waals surface area contributed by atoms with E-state index in [1.54, 1.807) is 7.11 Å². The lowest BCUT2D eigenvalue weighted by Gasteiger charge is -2.12. The fourth-order valence-corrected chi connectivity index (χ4v) is 1.78. The van der Waals surface area contributed by atoms with Gasteiger partial charge in [0.2, 0.25) is 0 Å². The average molecular weight is 269 g/mol. The maximum absolute atomic E-state index is 8.35. The second-order valence-electron chi connectivity index (χ2n) is 4.15. The topological polar surface area (TPSA) is 67.2 Å². The Morgan fingerprint density at radius 2 is 1.85 bits per heavy atom. The van der Waals surface area contributed by atoms with Gasteiger partial charge in [0.25, 0.3) is 0 Å². The maximum Gasteiger partial charge on any atom is 0.161 e. The average Bonchev–Trinajstić information content (AvgIpc) is 2.52. The Labute approximate surface area is 117 Å². The van der Waals surface area contributed by atoms with Crippen LogP contribution < -0.4 is 9.47 Å². The van der Waals surface area contributed by atoms with E-state index in [2.05, 4.69) is 10.0 Å². The molecule has 0 amide bonds. The SMILES string of the molecule is COc1ccc(CN=[N+]=[N-])cc1OCc1ccccc1. The Morgan fingerprint density at radius 3 is 2.55 bits per heavy atom. The van der Waals surface area contributed by atoms with Gasteiger partial charge in [0.15, 0.2) is 11.5 Å². The lowest BCUT2D eigenvalue weighted by molar-refractivity contribution is 0.284. The Hall–Kier alpha value is -2.65. The van der Waals surface area contributed by atoms with E-state index in [4.69, 9.17) is 15.0 Å². The first kappa shape index (κ1) is 13.8. The van der Waals surface area contributed by atoms with Crippen LogP contribution in [0.5, 0.6) is 11.5 Å². The van der Waals surface area contributed by atoms with Crippen LogP contribution in [0.2, 0.25) is 0 Å². The van der Waals surface area contributed by atoms with Gasteiger partial charge >= 0.3 is 0 Å². The zero-order chi connectivity index (χ0) is 14.2. The van der Waals surface area contributed by atoms with Gasteiger partial charge in [-0.3, -0.25) is 0 Å². The molecule has 0 radical (unpaired) electrons. The van der Waals surface area contributed by atoms with Gasteiger partial charge in [0.05, 0.1) is 13.7 Å². The second kappa shape index (κ2) is 7.07. The van der Waals surface area contributed by atoms with Crippen LogP contribution in [0.15, 0.2) is 53.6 Å². The third-order valence-corrected chi connectivity index (χ3v) is 2.78. The molecule has 0 aliphatic carbocycles. The molecule has 0 fully saturated rings. The molecule has 0 aromatic heterocycles. The molecule has 20 heavy (non-hydrogen) atoms. The van der Waals surface area contributed by atoms with Crippen LogP contribution in [0.25, 0.3) is 10.4 Å². The maximum atomic E-state index is 8.35. The van der Waals surface area contributed by atoms with Crippen molar-refractivity contribution < 1.29 is 9.47 Å². The van der Waals surface area contributed by atoms with E-state index in [-0.39, 0.29) is 0 Å². The van der Waals surface area contributed by atoms with Crippen molar-refractivity contribution in [2.24, 2.45) is 5.11 Å². The molecule has 0 spiro atoms. The molecule has 0 N–H and O–H groups in total. The van der Waals surface area contributed by atoms with Gasteiger partial charge in [-0.2, -0.15) is 0 Å². The Balaban J connectivity index is 2.13. The summed E-state index contributed by atoms with van der Waals surface area (Å²) in [6, 6.07) is 15.4. The van der Waals surface area contributed by atoms with Crippen LogP contribution in [0, 0.1) is 0 Å². The molecular formula is C15H15N3O2. The van der Waals surface area contributed by atoms with Crippen molar-refractivity contribution in [2.45, 2.75) is 13.2 Å². The Morgan fingerprint density at radius 1 is 1.05 bits per heavy atom. The van der Waals surface area contributed by atoms with Crippen LogP contribution in [0.3, 0.4) is 0 Å². The Bertz CT molecular complexity index is 608. The van der Waals surface area contributed by atoms with E-state index in [9.17, 15) is 0 Å². The molecule has 0 unspecified atom stereocenters. The summed E-state index contributed by atoms with van der Waals surface area (Å²) in [5, 5.41) is 3.54. The van der Waals surface area contributed by atoms with E-state index in [0.717, 1.165) is 11.1 Å². The lowest BCUT2D eigenvalue weighted by atomic mass is 10.2. The van der Waals surface area contributed by atoms with Crippen molar-refractivity contribution in [3.8, 4) is 11.5 Å².